The van der Waals surface area contributed by atoms with Crippen LogP contribution in [-0.4, -0.2) is 35.6 Å². The van der Waals surface area contributed by atoms with Gasteiger partial charge < -0.3 is 14.8 Å². The van der Waals surface area contributed by atoms with E-state index in [2.05, 4.69) is 5.32 Å². The van der Waals surface area contributed by atoms with Gasteiger partial charge in [-0.3, -0.25) is 9.10 Å². The lowest BCUT2D eigenvalue weighted by Crippen LogP contribution is -2.28. The van der Waals surface area contributed by atoms with Crippen molar-refractivity contribution >= 4 is 21.6 Å². The number of aryl methyl sites for hydroxylation is 1. The summed E-state index contributed by atoms with van der Waals surface area (Å²) in [6.07, 6.45) is 0.749. The standard InChI is InChI=1S/C26H30N2O5S/c1-6-23(19-9-7-18(2)8-10-19)27-26(29)20-11-13-21(14-12-20)28(3)34(30,31)22-15-16-24(32-4)25(17-22)33-5/h7-17,23H,6H2,1-5H3,(H,27,29)/t23-/m1/s1. The lowest BCUT2D eigenvalue weighted by Gasteiger charge is -2.21. The number of rotatable bonds is 9. The molecule has 0 aromatic heterocycles. The van der Waals surface area contributed by atoms with Crippen LogP contribution in [0.2, 0.25) is 0 Å². The minimum absolute atomic E-state index is 0.0679. The van der Waals surface area contributed by atoms with Gasteiger partial charge in [0.05, 0.1) is 30.8 Å². The van der Waals surface area contributed by atoms with E-state index in [9.17, 15) is 13.2 Å². The third kappa shape index (κ3) is 5.34. The highest BCUT2D eigenvalue weighted by Gasteiger charge is 2.23. The molecule has 0 heterocycles. The first-order chi connectivity index (χ1) is 16.2. The molecular weight excluding hydrogens is 452 g/mol. The van der Waals surface area contributed by atoms with Crippen molar-refractivity contribution in [2.24, 2.45) is 0 Å². The maximum absolute atomic E-state index is 13.1. The van der Waals surface area contributed by atoms with Crippen LogP contribution >= 0.6 is 0 Å². The fourth-order valence-corrected chi connectivity index (χ4v) is 4.77. The number of hydrogen-bond donors (Lipinski definition) is 1. The summed E-state index contributed by atoms with van der Waals surface area (Å²) in [6, 6.07) is 18.8. The number of ether oxygens (including phenoxy) is 2. The number of sulfonamides is 1. The van der Waals surface area contributed by atoms with Gasteiger partial charge >= 0.3 is 0 Å². The monoisotopic (exact) mass is 482 g/mol. The van der Waals surface area contributed by atoms with Crippen molar-refractivity contribution < 1.29 is 22.7 Å². The van der Waals surface area contributed by atoms with Gasteiger partial charge in [0.2, 0.25) is 0 Å². The van der Waals surface area contributed by atoms with Gasteiger partial charge in [0.25, 0.3) is 15.9 Å². The molecule has 180 valence electrons. The Morgan fingerprint density at radius 3 is 2.12 bits per heavy atom. The molecule has 0 unspecified atom stereocenters. The molecule has 0 aliphatic carbocycles. The molecular formula is C26H30N2O5S. The molecule has 0 aliphatic rings. The second-order valence-electron chi connectivity index (χ2n) is 7.88. The highest BCUT2D eigenvalue weighted by Crippen LogP contribution is 2.31. The van der Waals surface area contributed by atoms with Crippen LogP contribution < -0.4 is 19.1 Å². The third-order valence-electron chi connectivity index (χ3n) is 5.70. The average Bonchev–Trinajstić information content (AvgIpc) is 2.86. The Balaban J connectivity index is 1.77. The summed E-state index contributed by atoms with van der Waals surface area (Å²) in [5, 5.41) is 3.05. The summed E-state index contributed by atoms with van der Waals surface area (Å²) in [5.41, 5.74) is 3.08. The SMILES string of the molecule is CC[C@@H](NC(=O)c1ccc(N(C)S(=O)(=O)c2ccc(OC)c(OC)c2)cc1)c1ccc(C)cc1. The number of hydrogen-bond acceptors (Lipinski definition) is 5. The van der Waals surface area contributed by atoms with Gasteiger partial charge in [-0.1, -0.05) is 36.8 Å². The molecule has 3 aromatic carbocycles. The first-order valence-electron chi connectivity index (χ1n) is 10.9. The van der Waals surface area contributed by atoms with Crippen LogP contribution in [0.25, 0.3) is 0 Å². The Morgan fingerprint density at radius 1 is 0.941 bits per heavy atom. The maximum atomic E-state index is 13.1. The van der Waals surface area contributed by atoms with Gasteiger partial charge in [0.1, 0.15) is 0 Å². The van der Waals surface area contributed by atoms with E-state index in [-0.39, 0.29) is 16.8 Å². The van der Waals surface area contributed by atoms with Crippen molar-refractivity contribution in [1.29, 1.82) is 0 Å². The molecule has 0 spiro atoms. The molecule has 1 N–H and O–H groups in total. The van der Waals surface area contributed by atoms with Crippen LogP contribution in [0, 0.1) is 6.92 Å². The predicted octanol–water partition coefficient (Wildman–Crippen LogP) is 4.72. The Labute approximate surface area is 201 Å². The van der Waals surface area contributed by atoms with Gasteiger partial charge in [0, 0.05) is 18.7 Å². The topological polar surface area (TPSA) is 84.9 Å². The van der Waals surface area contributed by atoms with E-state index >= 15 is 0 Å². The number of carbonyl (C=O) groups is 1. The van der Waals surface area contributed by atoms with Crippen LogP contribution in [0.5, 0.6) is 11.5 Å². The van der Waals surface area contributed by atoms with Crippen molar-refractivity contribution in [1.82, 2.24) is 5.32 Å². The molecule has 0 radical (unpaired) electrons. The summed E-state index contributed by atoms with van der Waals surface area (Å²) in [7, 11) is 0.549. The fraction of sp³-hybridized carbons (Fsp3) is 0.269. The van der Waals surface area contributed by atoms with Gasteiger partial charge in [0.15, 0.2) is 11.5 Å². The zero-order valence-corrected chi connectivity index (χ0v) is 20.8. The molecule has 0 bridgehead atoms. The summed E-state index contributed by atoms with van der Waals surface area (Å²) in [4.78, 5) is 12.9. The Bertz CT molecular complexity index is 1240. The highest BCUT2D eigenvalue weighted by atomic mass is 32.2. The quantitative estimate of drug-likeness (QED) is 0.477. The normalized spacial score (nSPS) is 12.0. The zero-order valence-electron chi connectivity index (χ0n) is 20.0. The van der Waals surface area contributed by atoms with E-state index in [4.69, 9.17) is 9.47 Å². The van der Waals surface area contributed by atoms with Crippen molar-refractivity contribution in [3.63, 3.8) is 0 Å². The summed E-state index contributed by atoms with van der Waals surface area (Å²) >= 11 is 0. The molecule has 0 aliphatic heterocycles. The second kappa shape index (κ2) is 10.6. The van der Waals surface area contributed by atoms with E-state index in [1.807, 2.05) is 38.1 Å². The molecule has 7 nitrogen and oxygen atoms in total. The van der Waals surface area contributed by atoms with Gasteiger partial charge in [-0.25, -0.2) is 8.42 Å². The van der Waals surface area contributed by atoms with E-state index in [0.717, 1.165) is 21.9 Å². The number of benzene rings is 3. The first-order valence-corrected chi connectivity index (χ1v) is 12.3. The average molecular weight is 483 g/mol. The third-order valence-corrected chi connectivity index (χ3v) is 7.48. The second-order valence-corrected chi connectivity index (χ2v) is 9.85. The lowest BCUT2D eigenvalue weighted by atomic mass is 10.0. The zero-order chi connectivity index (χ0) is 24.9. The minimum Gasteiger partial charge on any atom is -0.493 e. The molecule has 0 saturated carbocycles. The number of amides is 1. The molecule has 0 fully saturated rings. The Kier molecular flexibility index (Phi) is 7.83. The molecule has 0 saturated heterocycles. The van der Waals surface area contributed by atoms with Crippen LogP contribution in [0.15, 0.2) is 71.6 Å². The van der Waals surface area contributed by atoms with Crippen LogP contribution in [0.4, 0.5) is 5.69 Å². The highest BCUT2D eigenvalue weighted by molar-refractivity contribution is 7.92. The van der Waals surface area contributed by atoms with Crippen LogP contribution in [-0.2, 0) is 10.0 Å². The van der Waals surface area contributed by atoms with E-state index < -0.39 is 10.0 Å². The minimum atomic E-state index is -3.85. The van der Waals surface area contributed by atoms with Gasteiger partial charge in [-0.15, -0.1) is 0 Å². The molecule has 3 aromatic rings. The van der Waals surface area contributed by atoms with E-state index in [1.165, 1.54) is 33.4 Å². The summed E-state index contributed by atoms with van der Waals surface area (Å²) in [6.45, 7) is 4.04. The fourth-order valence-electron chi connectivity index (χ4n) is 3.56. The maximum Gasteiger partial charge on any atom is 0.264 e. The summed E-state index contributed by atoms with van der Waals surface area (Å²) in [5.74, 6) is 0.544. The number of carbonyl (C=O) groups excluding carboxylic acids is 1. The molecule has 1 atom stereocenters. The van der Waals surface area contributed by atoms with E-state index in [1.54, 1.807) is 30.3 Å². The number of methoxy groups -OCH3 is 2. The predicted molar refractivity (Wildman–Crippen MR) is 133 cm³/mol. The van der Waals surface area contributed by atoms with Crippen molar-refractivity contribution in [3.8, 4) is 11.5 Å². The van der Waals surface area contributed by atoms with Crippen molar-refractivity contribution in [3.05, 3.63) is 83.4 Å². The van der Waals surface area contributed by atoms with Gasteiger partial charge in [-0.05, 0) is 55.3 Å². The van der Waals surface area contributed by atoms with Crippen LogP contribution in [0.3, 0.4) is 0 Å². The number of nitrogens with one attached hydrogen (secondary N) is 1. The van der Waals surface area contributed by atoms with Crippen molar-refractivity contribution in [2.75, 3.05) is 25.6 Å². The summed E-state index contributed by atoms with van der Waals surface area (Å²) < 4.78 is 37.8. The van der Waals surface area contributed by atoms with E-state index in [0.29, 0.717) is 22.7 Å². The Hall–Kier alpha value is -3.52. The van der Waals surface area contributed by atoms with Gasteiger partial charge in [-0.2, -0.15) is 0 Å². The van der Waals surface area contributed by atoms with Crippen LogP contribution in [0.1, 0.15) is 40.9 Å². The Morgan fingerprint density at radius 2 is 1.56 bits per heavy atom. The number of anilines is 1. The largest absolute Gasteiger partial charge is 0.493 e. The molecule has 8 heteroatoms. The molecule has 1 amide bonds. The first kappa shape index (κ1) is 25.1. The van der Waals surface area contributed by atoms with Crippen molar-refractivity contribution in [2.45, 2.75) is 31.2 Å². The number of nitrogens with zero attached hydrogens (tertiary/aromatic N) is 1. The smallest absolute Gasteiger partial charge is 0.264 e. The molecule has 34 heavy (non-hydrogen) atoms. The molecule has 3 rings (SSSR count). The lowest BCUT2D eigenvalue weighted by molar-refractivity contribution is 0.0935.